The first kappa shape index (κ1) is 13.7. The molecule has 0 amide bonds. The molecule has 0 radical (unpaired) electrons. The van der Waals surface area contributed by atoms with E-state index in [2.05, 4.69) is 43.4 Å². The smallest absolute Gasteiger partial charge is 0.0794 e. The average Bonchev–Trinajstić information content (AvgIpc) is 2.70. The molecule has 1 atom stereocenters. The second kappa shape index (κ2) is 6.36. The minimum absolute atomic E-state index is 0.309. The van der Waals surface area contributed by atoms with Crippen LogP contribution in [0.4, 0.5) is 0 Å². The molecule has 0 aromatic carbocycles. The highest BCUT2D eigenvalue weighted by atomic mass is 32.1. The zero-order valence-corrected chi connectivity index (χ0v) is 11.7. The van der Waals surface area contributed by atoms with E-state index in [9.17, 15) is 0 Å². The van der Waals surface area contributed by atoms with Gasteiger partial charge in [-0.2, -0.15) is 0 Å². The molecule has 2 nitrogen and oxygen atoms in total. The van der Waals surface area contributed by atoms with Crippen LogP contribution < -0.4 is 5.32 Å². The van der Waals surface area contributed by atoms with Crippen molar-refractivity contribution in [1.82, 2.24) is 10.3 Å². The average molecular weight is 240 g/mol. The third-order valence-corrected chi connectivity index (χ3v) is 4.05. The fourth-order valence-corrected chi connectivity index (χ4v) is 2.32. The van der Waals surface area contributed by atoms with Gasteiger partial charge in [-0.15, -0.1) is 11.3 Å². The molecular weight excluding hydrogens is 216 g/mol. The topological polar surface area (TPSA) is 24.9 Å². The van der Waals surface area contributed by atoms with Gasteiger partial charge < -0.3 is 5.32 Å². The van der Waals surface area contributed by atoms with Crippen molar-refractivity contribution in [2.75, 3.05) is 13.1 Å². The van der Waals surface area contributed by atoms with E-state index in [4.69, 9.17) is 0 Å². The summed E-state index contributed by atoms with van der Waals surface area (Å²) < 4.78 is 0. The van der Waals surface area contributed by atoms with Gasteiger partial charge in [0.25, 0.3) is 0 Å². The second-order valence-corrected chi connectivity index (χ2v) is 5.86. The summed E-state index contributed by atoms with van der Waals surface area (Å²) in [6.07, 6.45) is 2.27. The minimum atomic E-state index is 0.309. The van der Waals surface area contributed by atoms with E-state index < -0.39 is 0 Å². The summed E-state index contributed by atoms with van der Waals surface area (Å²) in [5.41, 5.74) is 3.47. The number of hydrogen-bond donors (Lipinski definition) is 1. The Morgan fingerprint density at radius 2 is 2.25 bits per heavy atom. The SMILES string of the molecule is CCCNCC(C)(Cc1cscn1)C(C)C. The molecule has 16 heavy (non-hydrogen) atoms. The van der Waals surface area contributed by atoms with E-state index in [0.717, 1.165) is 19.5 Å². The van der Waals surface area contributed by atoms with E-state index in [1.807, 2.05) is 5.51 Å². The normalized spacial score (nSPS) is 15.3. The van der Waals surface area contributed by atoms with E-state index in [1.54, 1.807) is 11.3 Å². The number of thiazole rings is 1. The van der Waals surface area contributed by atoms with Crippen molar-refractivity contribution >= 4 is 11.3 Å². The van der Waals surface area contributed by atoms with Crippen molar-refractivity contribution in [3.8, 4) is 0 Å². The lowest BCUT2D eigenvalue weighted by Crippen LogP contribution is -2.38. The summed E-state index contributed by atoms with van der Waals surface area (Å²) in [5.74, 6) is 0.665. The van der Waals surface area contributed by atoms with Gasteiger partial charge in [0.05, 0.1) is 11.2 Å². The molecule has 1 heterocycles. The Morgan fingerprint density at radius 1 is 1.50 bits per heavy atom. The fourth-order valence-electron chi connectivity index (χ4n) is 1.76. The summed E-state index contributed by atoms with van der Waals surface area (Å²) in [5, 5.41) is 5.71. The van der Waals surface area contributed by atoms with E-state index in [0.29, 0.717) is 11.3 Å². The van der Waals surface area contributed by atoms with Crippen LogP contribution in [0.15, 0.2) is 10.9 Å². The first-order valence-corrected chi connectivity index (χ1v) is 7.10. The highest BCUT2D eigenvalue weighted by molar-refractivity contribution is 7.07. The molecule has 3 heteroatoms. The lowest BCUT2D eigenvalue weighted by Gasteiger charge is -2.33. The van der Waals surface area contributed by atoms with Crippen LogP contribution in [0.3, 0.4) is 0 Å². The van der Waals surface area contributed by atoms with Crippen LogP contribution in [0.1, 0.15) is 39.8 Å². The molecule has 0 bridgehead atoms. The van der Waals surface area contributed by atoms with Crippen molar-refractivity contribution < 1.29 is 0 Å². The van der Waals surface area contributed by atoms with Gasteiger partial charge in [0.15, 0.2) is 0 Å². The highest BCUT2D eigenvalue weighted by Gasteiger charge is 2.28. The number of rotatable bonds is 7. The van der Waals surface area contributed by atoms with Crippen LogP contribution in [0.2, 0.25) is 0 Å². The summed E-state index contributed by atoms with van der Waals surface area (Å²) in [7, 11) is 0. The Balaban J connectivity index is 2.57. The van der Waals surface area contributed by atoms with Gasteiger partial charge in [-0.05, 0) is 30.7 Å². The maximum atomic E-state index is 4.40. The van der Waals surface area contributed by atoms with E-state index >= 15 is 0 Å². The Kier molecular flexibility index (Phi) is 5.42. The molecule has 1 unspecified atom stereocenters. The predicted octanol–water partition coefficient (Wildman–Crippen LogP) is 3.35. The van der Waals surface area contributed by atoms with Gasteiger partial charge in [0, 0.05) is 11.9 Å². The van der Waals surface area contributed by atoms with Gasteiger partial charge >= 0.3 is 0 Å². The monoisotopic (exact) mass is 240 g/mol. The van der Waals surface area contributed by atoms with Crippen LogP contribution in [-0.4, -0.2) is 18.1 Å². The third kappa shape index (κ3) is 3.87. The molecule has 1 rings (SSSR count). The van der Waals surface area contributed by atoms with Crippen LogP contribution >= 0.6 is 11.3 Å². The summed E-state index contributed by atoms with van der Waals surface area (Å²) in [6.45, 7) is 11.4. The van der Waals surface area contributed by atoms with Crippen LogP contribution in [0.25, 0.3) is 0 Å². The zero-order chi connectivity index (χ0) is 12.0. The molecule has 0 spiro atoms. The Morgan fingerprint density at radius 3 is 2.75 bits per heavy atom. The lowest BCUT2D eigenvalue weighted by molar-refractivity contribution is 0.206. The fraction of sp³-hybridized carbons (Fsp3) is 0.769. The molecule has 92 valence electrons. The maximum Gasteiger partial charge on any atom is 0.0794 e. The first-order valence-electron chi connectivity index (χ1n) is 6.16. The Bertz CT molecular complexity index is 282. The van der Waals surface area contributed by atoms with Crippen LogP contribution in [-0.2, 0) is 6.42 Å². The largest absolute Gasteiger partial charge is 0.316 e. The number of hydrogen-bond acceptors (Lipinski definition) is 3. The number of nitrogens with zero attached hydrogens (tertiary/aromatic N) is 1. The molecule has 0 aliphatic carbocycles. The molecule has 0 saturated heterocycles. The van der Waals surface area contributed by atoms with Crippen LogP contribution in [0.5, 0.6) is 0 Å². The van der Waals surface area contributed by atoms with Crippen LogP contribution in [0, 0.1) is 11.3 Å². The molecule has 1 N–H and O–H groups in total. The van der Waals surface area contributed by atoms with E-state index in [-0.39, 0.29) is 0 Å². The van der Waals surface area contributed by atoms with Crippen molar-refractivity contribution in [2.24, 2.45) is 11.3 Å². The molecule has 0 aliphatic heterocycles. The molecular formula is C13H24N2S. The number of aromatic nitrogens is 1. The summed E-state index contributed by atoms with van der Waals surface area (Å²) in [6, 6.07) is 0. The Hall–Kier alpha value is -0.410. The Labute approximate surface area is 103 Å². The zero-order valence-electron chi connectivity index (χ0n) is 10.9. The number of nitrogens with one attached hydrogen (secondary N) is 1. The first-order chi connectivity index (χ1) is 7.58. The molecule has 1 aromatic rings. The quantitative estimate of drug-likeness (QED) is 0.739. The predicted molar refractivity (Wildman–Crippen MR) is 71.9 cm³/mol. The molecule has 1 aromatic heterocycles. The van der Waals surface area contributed by atoms with Gasteiger partial charge in [-0.3, -0.25) is 0 Å². The third-order valence-electron chi connectivity index (χ3n) is 3.42. The van der Waals surface area contributed by atoms with Gasteiger partial charge in [0.2, 0.25) is 0 Å². The van der Waals surface area contributed by atoms with Crippen molar-refractivity contribution in [1.29, 1.82) is 0 Å². The molecule has 0 aliphatic rings. The van der Waals surface area contributed by atoms with Crippen molar-refractivity contribution in [3.63, 3.8) is 0 Å². The molecule has 0 saturated carbocycles. The highest BCUT2D eigenvalue weighted by Crippen LogP contribution is 2.30. The van der Waals surface area contributed by atoms with Gasteiger partial charge in [-0.1, -0.05) is 27.7 Å². The minimum Gasteiger partial charge on any atom is -0.316 e. The van der Waals surface area contributed by atoms with Crippen molar-refractivity contribution in [2.45, 2.75) is 40.5 Å². The van der Waals surface area contributed by atoms with Gasteiger partial charge in [-0.25, -0.2) is 4.98 Å². The maximum absolute atomic E-state index is 4.40. The van der Waals surface area contributed by atoms with E-state index in [1.165, 1.54) is 12.1 Å². The standard InChI is InChI=1S/C13H24N2S/c1-5-6-14-9-13(4,11(2)3)7-12-8-16-10-15-12/h8,10-11,14H,5-7,9H2,1-4H3. The summed E-state index contributed by atoms with van der Waals surface area (Å²) in [4.78, 5) is 4.40. The lowest BCUT2D eigenvalue weighted by atomic mass is 9.75. The van der Waals surface area contributed by atoms with Crippen molar-refractivity contribution in [3.05, 3.63) is 16.6 Å². The molecule has 0 fully saturated rings. The second-order valence-electron chi connectivity index (χ2n) is 5.14. The summed E-state index contributed by atoms with van der Waals surface area (Å²) >= 11 is 1.69. The van der Waals surface area contributed by atoms with Gasteiger partial charge in [0.1, 0.15) is 0 Å².